The van der Waals surface area contributed by atoms with Crippen LogP contribution in [0.25, 0.3) is 33.2 Å². The number of aromatic hydroxyl groups is 2. The van der Waals surface area contributed by atoms with Crippen LogP contribution in [0.5, 0.6) is 11.5 Å². The molecule has 0 saturated carbocycles. The number of hydrogen-bond acceptors (Lipinski definition) is 4. The lowest BCUT2D eigenvalue weighted by molar-refractivity contribution is -0.645. The summed E-state index contributed by atoms with van der Waals surface area (Å²) in [5, 5.41) is 23.8. The van der Waals surface area contributed by atoms with Crippen LogP contribution in [0.15, 0.2) is 132 Å². The quantitative estimate of drug-likeness (QED) is 0.112. The number of aliphatic imine (C=N–C) groups is 2. The van der Waals surface area contributed by atoms with Crippen molar-refractivity contribution in [1.29, 1.82) is 0 Å². The zero-order chi connectivity index (χ0) is 44.1. The van der Waals surface area contributed by atoms with E-state index in [1.165, 1.54) is 0 Å². The van der Waals surface area contributed by atoms with Gasteiger partial charge in [0.05, 0.1) is 25.5 Å². The third-order valence-electron chi connectivity index (χ3n) is 12.1. The van der Waals surface area contributed by atoms with E-state index in [0.29, 0.717) is 24.2 Å². The lowest BCUT2D eigenvalue weighted by atomic mass is 9.84. The Labute approximate surface area is 365 Å². The van der Waals surface area contributed by atoms with Gasteiger partial charge in [-0.25, -0.2) is 18.3 Å². The summed E-state index contributed by atoms with van der Waals surface area (Å²) in [6.45, 7) is 18.4. The molecular weight excluding hydrogens is 765 g/mol. The molecule has 2 aromatic heterocycles. The molecule has 0 unspecified atom stereocenters. The van der Waals surface area contributed by atoms with Crippen molar-refractivity contribution in [3.63, 3.8) is 0 Å². The average Bonchev–Trinajstić information content (AvgIpc) is 3.72. The maximum Gasteiger partial charge on any atom is 0.244 e. The minimum atomic E-state index is -0.159. The Morgan fingerprint density at radius 3 is 1.31 bits per heavy atom. The van der Waals surface area contributed by atoms with E-state index in [-0.39, 0.29) is 22.3 Å². The van der Waals surface area contributed by atoms with Crippen LogP contribution in [0.1, 0.15) is 86.1 Å². The third kappa shape index (κ3) is 8.17. The Morgan fingerprint density at radius 1 is 0.532 bits per heavy atom. The molecule has 2 N–H and O–H groups in total. The molecule has 2 heterocycles. The Kier molecular flexibility index (Phi) is 11.0. The number of rotatable bonds is 9. The Bertz CT molecular complexity index is 2850. The SMILES string of the molecule is Cc1cccc(N=Cc2cc(C(C)(C)C)cc(Cn3c[n+](C)c4ccccc43)c2O)c1-c1c(C)cccc1N=Cc1cc(C(C)(C)C)cc(Cn2c[n+](C)c3ccccc32)c1O. The number of fused-ring (bicyclic) bond motifs is 2. The maximum atomic E-state index is 11.9. The molecule has 314 valence electrons. The van der Waals surface area contributed by atoms with Gasteiger partial charge < -0.3 is 10.2 Å². The highest BCUT2D eigenvalue weighted by atomic mass is 16.3. The number of nitrogens with zero attached hydrogens (tertiary/aromatic N) is 6. The summed E-state index contributed by atoms with van der Waals surface area (Å²) < 4.78 is 8.59. The predicted molar refractivity (Wildman–Crippen MR) is 254 cm³/mol. The molecule has 0 amide bonds. The second-order valence-corrected chi connectivity index (χ2v) is 18.8. The number of aromatic nitrogens is 4. The Balaban J connectivity index is 1.19. The van der Waals surface area contributed by atoms with Gasteiger partial charge in [-0.2, -0.15) is 0 Å². The van der Waals surface area contributed by atoms with Crippen molar-refractivity contribution in [3.8, 4) is 22.6 Å². The van der Waals surface area contributed by atoms with Crippen LogP contribution in [-0.2, 0) is 38.0 Å². The molecule has 0 spiro atoms. The second-order valence-electron chi connectivity index (χ2n) is 18.8. The normalized spacial score (nSPS) is 12.5. The minimum Gasteiger partial charge on any atom is -0.507 e. The van der Waals surface area contributed by atoms with Crippen LogP contribution >= 0.6 is 0 Å². The lowest BCUT2D eigenvalue weighted by Crippen LogP contribution is -2.25. The van der Waals surface area contributed by atoms with Crippen LogP contribution in [-0.4, -0.2) is 31.8 Å². The van der Waals surface area contributed by atoms with E-state index < -0.39 is 0 Å². The van der Waals surface area contributed by atoms with Crippen LogP contribution < -0.4 is 9.13 Å². The number of benzene rings is 6. The van der Waals surface area contributed by atoms with E-state index in [9.17, 15) is 10.2 Å². The van der Waals surface area contributed by atoms with Crippen LogP contribution in [0.4, 0.5) is 11.4 Å². The second kappa shape index (κ2) is 16.2. The molecular formula is C54H58N6O2+2. The molecule has 62 heavy (non-hydrogen) atoms. The molecule has 0 fully saturated rings. The zero-order valence-electron chi connectivity index (χ0n) is 37.7. The van der Waals surface area contributed by atoms with Gasteiger partial charge in [0, 0.05) is 45.8 Å². The van der Waals surface area contributed by atoms with E-state index in [1.807, 2.05) is 62.6 Å². The van der Waals surface area contributed by atoms with Crippen molar-refractivity contribution in [3.05, 3.63) is 166 Å². The highest BCUT2D eigenvalue weighted by Crippen LogP contribution is 2.42. The largest absolute Gasteiger partial charge is 0.507 e. The van der Waals surface area contributed by atoms with Crippen molar-refractivity contribution in [2.75, 3.05) is 0 Å². The first-order valence-electron chi connectivity index (χ1n) is 21.4. The van der Waals surface area contributed by atoms with Gasteiger partial charge in [-0.1, -0.05) is 90.1 Å². The zero-order valence-corrected chi connectivity index (χ0v) is 37.7. The molecule has 0 bridgehead atoms. The molecule has 8 rings (SSSR count). The summed E-state index contributed by atoms with van der Waals surface area (Å²) in [5.74, 6) is 0.432. The highest BCUT2D eigenvalue weighted by molar-refractivity contribution is 5.95. The first kappa shape index (κ1) is 41.9. The number of para-hydroxylation sites is 4. The van der Waals surface area contributed by atoms with E-state index in [1.54, 1.807) is 12.4 Å². The predicted octanol–water partition coefficient (Wildman–Crippen LogP) is 11.1. The van der Waals surface area contributed by atoms with E-state index in [4.69, 9.17) is 9.98 Å². The standard InChI is InChI=1S/C54H56N6O2/c1-35-17-15-19-43(55-29-37-25-41(53(3,4)5)27-39(51(37)61)31-59-33-57(9)45-21-11-13-23-47(45)59)49(35)50-36(2)18-16-20-44(50)56-30-38-26-42(54(6,7)8)28-40(52(38)62)32-60-34-58(10)46-22-12-14-24-48(46)60/h11-30,33-34H,31-32H2,1-10H3/p+2. The topological polar surface area (TPSA) is 82.8 Å². The van der Waals surface area contributed by atoms with Crippen LogP contribution in [0.2, 0.25) is 0 Å². The minimum absolute atomic E-state index is 0.159. The highest BCUT2D eigenvalue weighted by Gasteiger charge is 2.24. The Hall–Kier alpha value is -6.80. The molecule has 8 aromatic rings. The summed E-state index contributed by atoms with van der Waals surface area (Å²) in [4.78, 5) is 10.3. The van der Waals surface area contributed by atoms with E-state index >= 15 is 0 Å². The van der Waals surface area contributed by atoms with E-state index in [2.05, 4.69) is 147 Å². The summed E-state index contributed by atoms with van der Waals surface area (Å²) in [6, 6.07) is 37.3. The lowest BCUT2D eigenvalue weighted by Gasteiger charge is -2.21. The molecule has 0 aliphatic rings. The molecule has 0 aliphatic heterocycles. The summed E-state index contributed by atoms with van der Waals surface area (Å²) in [7, 11) is 4.09. The van der Waals surface area contributed by atoms with Gasteiger partial charge in [-0.3, -0.25) is 9.98 Å². The summed E-state index contributed by atoms with van der Waals surface area (Å²) in [5.41, 5.74) is 14.9. The van der Waals surface area contributed by atoms with Crippen molar-refractivity contribution in [1.82, 2.24) is 9.13 Å². The number of phenolic OH excluding ortho intramolecular Hbond substituents is 2. The van der Waals surface area contributed by atoms with Gasteiger partial charge >= 0.3 is 0 Å². The van der Waals surface area contributed by atoms with Crippen LogP contribution in [0, 0.1) is 13.8 Å². The fourth-order valence-corrected chi connectivity index (χ4v) is 8.49. The molecule has 0 atom stereocenters. The average molecular weight is 823 g/mol. The molecule has 8 heteroatoms. The van der Waals surface area contributed by atoms with Crippen LogP contribution in [0.3, 0.4) is 0 Å². The van der Waals surface area contributed by atoms with E-state index in [0.717, 1.165) is 77.9 Å². The molecule has 0 radical (unpaired) electrons. The van der Waals surface area contributed by atoms with Crippen molar-refractivity contribution in [2.24, 2.45) is 24.1 Å². The van der Waals surface area contributed by atoms with Gasteiger partial charge in [-0.15, -0.1) is 0 Å². The Morgan fingerprint density at radius 2 is 0.919 bits per heavy atom. The van der Waals surface area contributed by atoms with Gasteiger partial charge in [0.1, 0.15) is 24.6 Å². The fraction of sp³-hybridized carbons (Fsp3) is 0.259. The van der Waals surface area contributed by atoms with Gasteiger partial charge in [0.2, 0.25) is 12.7 Å². The van der Waals surface area contributed by atoms with Crippen molar-refractivity contribution >= 4 is 45.9 Å². The molecule has 0 saturated heterocycles. The van der Waals surface area contributed by atoms with Gasteiger partial charge in [0.15, 0.2) is 22.1 Å². The third-order valence-corrected chi connectivity index (χ3v) is 12.1. The fourth-order valence-electron chi connectivity index (χ4n) is 8.49. The molecule has 6 aromatic carbocycles. The summed E-state index contributed by atoms with van der Waals surface area (Å²) >= 11 is 0. The summed E-state index contributed by atoms with van der Waals surface area (Å²) in [6.07, 6.45) is 7.76. The first-order chi connectivity index (χ1) is 29.5. The van der Waals surface area contributed by atoms with Crippen molar-refractivity contribution < 1.29 is 19.3 Å². The molecule has 8 nitrogen and oxygen atoms in total. The van der Waals surface area contributed by atoms with Crippen molar-refractivity contribution in [2.45, 2.75) is 79.3 Å². The first-order valence-corrected chi connectivity index (χ1v) is 21.4. The number of phenols is 2. The number of imidazole rings is 2. The van der Waals surface area contributed by atoms with Gasteiger partial charge in [-0.05, 0) is 108 Å². The van der Waals surface area contributed by atoms with Gasteiger partial charge in [0.25, 0.3) is 0 Å². The number of aryl methyl sites for hydroxylation is 4. The molecule has 0 aliphatic carbocycles. The monoisotopic (exact) mass is 822 g/mol. The smallest absolute Gasteiger partial charge is 0.244 e. The maximum absolute atomic E-state index is 11.9. The number of hydrogen-bond donors (Lipinski definition) is 2.